The summed E-state index contributed by atoms with van der Waals surface area (Å²) in [5, 5.41) is 0.977. The highest BCUT2D eigenvalue weighted by atomic mass is 32.2. The van der Waals surface area contributed by atoms with Gasteiger partial charge in [-0.1, -0.05) is 25.0 Å². The van der Waals surface area contributed by atoms with Gasteiger partial charge in [0.1, 0.15) is 16.4 Å². The van der Waals surface area contributed by atoms with Crippen molar-refractivity contribution in [1.29, 1.82) is 0 Å². The van der Waals surface area contributed by atoms with E-state index in [-0.39, 0.29) is 16.6 Å². The average Bonchev–Trinajstić information content (AvgIpc) is 3.08. The molecule has 2 N–H and O–H groups in total. The molecule has 210 valence electrons. The van der Waals surface area contributed by atoms with Crippen LogP contribution in [-0.4, -0.2) is 54.1 Å². The number of sulfone groups is 1. The fraction of sp³-hybridized carbons (Fsp3) is 0.387. The monoisotopic (exact) mass is 559 g/mol. The average molecular weight is 560 g/mol. The van der Waals surface area contributed by atoms with Crippen molar-refractivity contribution < 1.29 is 13.2 Å². The molecule has 1 aromatic carbocycles. The molecule has 2 atom stereocenters. The number of nitrogen functional groups attached to an aromatic ring is 1. The molecule has 0 saturated heterocycles. The Labute approximate surface area is 236 Å². The van der Waals surface area contributed by atoms with Crippen LogP contribution >= 0.6 is 0 Å². The quantitative estimate of drug-likeness (QED) is 0.324. The van der Waals surface area contributed by atoms with Gasteiger partial charge in [0.15, 0.2) is 9.84 Å². The fourth-order valence-corrected chi connectivity index (χ4v) is 6.76. The van der Waals surface area contributed by atoms with E-state index in [9.17, 15) is 13.2 Å². The number of aryl methyl sites for hydroxylation is 1. The van der Waals surface area contributed by atoms with Crippen LogP contribution in [0, 0.1) is 5.92 Å². The van der Waals surface area contributed by atoms with Crippen LogP contribution in [0.2, 0.25) is 0 Å². The SMILES string of the molecule is CN(C)C(=O)c1ccc(C2CCCC(Cc3cc4c(-c5cnc(N)c(S(C)(=O)=O)c5)ccnc4n3C)CC2)cc1. The van der Waals surface area contributed by atoms with Gasteiger partial charge in [-0.25, -0.2) is 18.4 Å². The maximum absolute atomic E-state index is 12.3. The Balaban J connectivity index is 1.35. The second-order valence-electron chi connectivity index (χ2n) is 11.3. The number of anilines is 1. The number of nitrogens with zero attached hydrogens (tertiary/aromatic N) is 4. The molecule has 8 nitrogen and oxygen atoms in total. The second-order valence-corrected chi connectivity index (χ2v) is 13.3. The van der Waals surface area contributed by atoms with Gasteiger partial charge in [0.2, 0.25) is 0 Å². The summed E-state index contributed by atoms with van der Waals surface area (Å²) < 4.78 is 26.6. The number of hydrogen-bond donors (Lipinski definition) is 1. The highest BCUT2D eigenvalue weighted by Gasteiger charge is 2.23. The van der Waals surface area contributed by atoms with Gasteiger partial charge in [-0.2, -0.15) is 0 Å². The first-order valence-corrected chi connectivity index (χ1v) is 15.6. The molecule has 0 spiro atoms. The lowest BCUT2D eigenvalue weighted by molar-refractivity contribution is 0.0827. The summed E-state index contributed by atoms with van der Waals surface area (Å²) in [5.74, 6) is 1.12. The first-order chi connectivity index (χ1) is 19.0. The molecule has 1 aliphatic rings. The Kier molecular flexibility index (Phi) is 7.68. The topological polar surface area (TPSA) is 111 Å². The number of carbonyl (C=O) groups excluding carboxylic acids is 1. The van der Waals surface area contributed by atoms with E-state index in [1.54, 1.807) is 37.5 Å². The van der Waals surface area contributed by atoms with Gasteiger partial charge in [0.05, 0.1) is 0 Å². The van der Waals surface area contributed by atoms with Gasteiger partial charge in [0.25, 0.3) is 5.91 Å². The summed E-state index contributed by atoms with van der Waals surface area (Å²) in [7, 11) is 2.10. The normalized spacial score (nSPS) is 18.0. The Morgan fingerprint density at radius 1 is 1.05 bits per heavy atom. The third-order valence-corrected chi connectivity index (χ3v) is 9.37. The number of fused-ring (bicyclic) bond motifs is 1. The number of carbonyl (C=O) groups is 1. The van der Waals surface area contributed by atoms with Crippen molar-refractivity contribution in [3.63, 3.8) is 0 Å². The van der Waals surface area contributed by atoms with Gasteiger partial charge < -0.3 is 15.2 Å². The van der Waals surface area contributed by atoms with E-state index in [0.29, 0.717) is 17.4 Å². The number of rotatable bonds is 6. The van der Waals surface area contributed by atoms with Crippen LogP contribution in [0.25, 0.3) is 22.2 Å². The lowest BCUT2D eigenvalue weighted by atomic mass is 9.90. The van der Waals surface area contributed by atoms with Crippen molar-refractivity contribution in [2.75, 3.05) is 26.1 Å². The summed E-state index contributed by atoms with van der Waals surface area (Å²) in [6.45, 7) is 0. The zero-order valence-electron chi connectivity index (χ0n) is 23.6. The van der Waals surface area contributed by atoms with Crippen molar-refractivity contribution in [2.45, 2.75) is 49.3 Å². The van der Waals surface area contributed by atoms with Crippen molar-refractivity contribution >= 4 is 32.6 Å². The smallest absolute Gasteiger partial charge is 0.253 e. The summed E-state index contributed by atoms with van der Waals surface area (Å²) >= 11 is 0. The molecule has 1 saturated carbocycles. The number of nitrogens with two attached hydrogens (primary N) is 1. The predicted octanol–water partition coefficient (Wildman–Crippen LogP) is 5.23. The van der Waals surface area contributed by atoms with Gasteiger partial charge in [-0.05, 0) is 79.0 Å². The van der Waals surface area contributed by atoms with Crippen LogP contribution in [-0.2, 0) is 23.3 Å². The first-order valence-electron chi connectivity index (χ1n) is 13.7. The van der Waals surface area contributed by atoms with Crippen molar-refractivity contribution in [3.8, 4) is 11.1 Å². The van der Waals surface area contributed by atoms with Crippen molar-refractivity contribution in [3.05, 3.63) is 71.7 Å². The molecule has 3 heterocycles. The molecule has 1 aliphatic carbocycles. The standard InChI is InChI=1S/C31H37N5O3S/c1-35(2)31(37)23-12-10-22(11-13-23)21-7-5-6-20(8-9-21)16-25-18-27-26(14-15-33-30(27)36(25)3)24-17-28(40(4,38)39)29(32)34-19-24/h10-15,17-21H,5-9,16H2,1-4H3,(H2,32,34). The van der Waals surface area contributed by atoms with Crippen LogP contribution in [0.15, 0.2) is 59.8 Å². The maximum atomic E-state index is 12.3. The Morgan fingerprint density at radius 3 is 2.50 bits per heavy atom. The third kappa shape index (κ3) is 5.61. The fourth-order valence-electron chi connectivity index (χ4n) is 5.99. The highest BCUT2D eigenvalue weighted by Crippen LogP contribution is 2.37. The maximum Gasteiger partial charge on any atom is 0.253 e. The zero-order valence-corrected chi connectivity index (χ0v) is 24.4. The van der Waals surface area contributed by atoms with E-state index in [4.69, 9.17) is 5.73 Å². The van der Waals surface area contributed by atoms with E-state index < -0.39 is 9.84 Å². The second kappa shape index (κ2) is 11.0. The van der Waals surface area contributed by atoms with E-state index in [1.807, 2.05) is 25.2 Å². The molecule has 3 aromatic heterocycles. The Morgan fingerprint density at radius 2 is 1.80 bits per heavy atom. The number of benzene rings is 1. The summed E-state index contributed by atoms with van der Waals surface area (Å²) in [5.41, 5.74) is 11.6. The van der Waals surface area contributed by atoms with Crippen molar-refractivity contribution in [1.82, 2.24) is 19.4 Å². The van der Waals surface area contributed by atoms with Gasteiger partial charge in [0, 0.05) is 62.0 Å². The number of aromatic nitrogens is 3. The largest absolute Gasteiger partial charge is 0.383 e. The molecule has 9 heteroatoms. The summed E-state index contributed by atoms with van der Waals surface area (Å²) in [6, 6.07) is 13.9. The van der Waals surface area contributed by atoms with Crippen LogP contribution in [0.4, 0.5) is 5.82 Å². The molecular formula is C31H37N5O3S. The number of amides is 1. The van der Waals surface area contributed by atoms with Crippen LogP contribution < -0.4 is 5.73 Å². The molecule has 5 rings (SSSR count). The molecule has 2 unspecified atom stereocenters. The number of pyridine rings is 2. The predicted molar refractivity (Wildman–Crippen MR) is 159 cm³/mol. The van der Waals surface area contributed by atoms with E-state index in [0.717, 1.165) is 54.1 Å². The van der Waals surface area contributed by atoms with E-state index >= 15 is 0 Å². The minimum atomic E-state index is -3.50. The van der Waals surface area contributed by atoms with E-state index in [2.05, 4.69) is 32.7 Å². The van der Waals surface area contributed by atoms with Gasteiger partial charge in [-0.15, -0.1) is 0 Å². The molecular weight excluding hydrogens is 522 g/mol. The Hall–Kier alpha value is -3.72. The van der Waals surface area contributed by atoms with E-state index in [1.165, 1.54) is 24.1 Å². The van der Waals surface area contributed by atoms with Crippen LogP contribution in [0.1, 0.15) is 59.6 Å². The zero-order chi connectivity index (χ0) is 28.6. The third-order valence-electron chi connectivity index (χ3n) is 8.24. The van der Waals surface area contributed by atoms with Crippen LogP contribution in [0.5, 0.6) is 0 Å². The molecule has 40 heavy (non-hydrogen) atoms. The molecule has 4 aromatic rings. The first kappa shape index (κ1) is 27.8. The van der Waals surface area contributed by atoms with Gasteiger partial charge in [-0.3, -0.25) is 4.79 Å². The minimum absolute atomic E-state index is 0.00923. The summed E-state index contributed by atoms with van der Waals surface area (Å²) in [6.07, 6.45) is 11.3. The highest BCUT2D eigenvalue weighted by molar-refractivity contribution is 7.90. The summed E-state index contributed by atoms with van der Waals surface area (Å²) in [4.78, 5) is 22.7. The lowest BCUT2D eigenvalue weighted by Crippen LogP contribution is -2.21. The van der Waals surface area contributed by atoms with Crippen LogP contribution in [0.3, 0.4) is 0 Å². The Bertz CT molecular complexity index is 1660. The molecule has 0 radical (unpaired) electrons. The molecule has 1 fully saturated rings. The molecule has 0 bridgehead atoms. The molecule has 1 amide bonds. The van der Waals surface area contributed by atoms with Gasteiger partial charge >= 0.3 is 0 Å². The molecule has 0 aliphatic heterocycles. The number of hydrogen-bond acceptors (Lipinski definition) is 6. The lowest BCUT2D eigenvalue weighted by Gasteiger charge is -2.17. The minimum Gasteiger partial charge on any atom is -0.383 e. The van der Waals surface area contributed by atoms with Crippen molar-refractivity contribution in [2.24, 2.45) is 13.0 Å².